The van der Waals surface area contributed by atoms with Gasteiger partial charge in [0.2, 0.25) is 0 Å². The Morgan fingerprint density at radius 2 is 1.96 bits per heavy atom. The molecule has 25 heavy (non-hydrogen) atoms. The number of hydrogen-bond acceptors (Lipinski definition) is 3. The number of halogens is 1. The number of esters is 1. The highest BCUT2D eigenvalue weighted by molar-refractivity contribution is 14.1. The van der Waals surface area contributed by atoms with Gasteiger partial charge in [-0.15, -0.1) is 0 Å². The van der Waals surface area contributed by atoms with Crippen LogP contribution in [0, 0.1) is 3.57 Å². The molecule has 0 bridgehead atoms. The predicted octanol–water partition coefficient (Wildman–Crippen LogP) is 4.73. The van der Waals surface area contributed by atoms with Gasteiger partial charge in [-0.1, -0.05) is 18.2 Å². The lowest BCUT2D eigenvalue weighted by atomic mass is 10.2. The molecule has 0 spiro atoms. The fourth-order valence-corrected chi connectivity index (χ4v) is 3.35. The van der Waals surface area contributed by atoms with Crippen molar-refractivity contribution in [3.63, 3.8) is 0 Å². The lowest BCUT2D eigenvalue weighted by molar-refractivity contribution is -0.137. The molecule has 0 N–H and O–H groups in total. The fourth-order valence-electron chi connectivity index (χ4n) is 2.56. The van der Waals surface area contributed by atoms with E-state index in [9.17, 15) is 4.79 Å². The van der Waals surface area contributed by atoms with Crippen LogP contribution in [0.2, 0.25) is 0 Å². The molecule has 1 heterocycles. The smallest absolute Gasteiger partial charge is 0.330 e. The van der Waals surface area contributed by atoms with E-state index in [2.05, 4.69) is 57.6 Å². The molecule has 4 nitrogen and oxygen atoms in total. The highest BCUT2D eigenvalue weighted by Gasteiger charge is 2.10. The van der Waals surface area contributed by atoms with Crippen LogP contribution >= 0.6 is 22.6 Å². The van der Waals surface area contributed by atoms with Gasteiger partial charge in [-0.2, -0.15) is 0 Å². The Labute approximate surface area is 160 Å². The first-order chi connectivity index (χ1) is 12.2. The van der Waals surface area contributed by atoms with Gasteiger partial charge >= 0.3 is 5.97 Å². The normalized spacial score (nSPS) is 11.1. The molecule has 5 heteroatoms. The Kier molecular flexibility index (Phi) is 5.75. The fraction of sp³-hybridized carbons (Fsp3) is 0.150. The van der Waals surface area contributed by atoms with Crippen LogP contribution in [0.4, 0.5) is 0 Å². The van der Waals surface area contributed by atoms with Gasteiger partial charge in [0.05, 0.1) is 15.7 Å². The van der Waals surface area contributed by atoms with Gasteiger partial charge in [-0.3, -0.25) is 0 Å². The van der Waals surface area contributed by atoms with Gasteiger partial charge in [0.15, 0.2) is 0 Å². The van der Waals surface area contributed by atoms with E-state index < -0.39 is 0 Å². The van der Waals surface area contributed by atoms with Crippen molar-refractivity contribution < 1.29 is 14.3 Å². The van der Waals surface area contributed by atoms with Crippen molar-refractivity contribution in [2.75, 3.05) is 13.2 Å². The number of benzene rings is 2. The van der Waals surface area contributed by atoms with Gasteiger partial charge in [-0.25, -0.2) is 4.79 Å². The van der Waals surface area contributed by atoms with Gasteiger partial charge in [-0.05, 0) is 65.9 Å². The molecule has 0 fully saturated rings. The summed E-state index contributed by atoms with van der Waals surface area (Å²) in [7, 11) is 0. The molecule has 2 aromatic carbocycles. The minimum Gasteiger partial charge on any atom is -0.488 e. The molecule has 0 saturated heterocycles. The number of fused-ring (bicyclic) bond motifs is 1. The predicted molar refractivity (Wildman–Crippen MR) is 107 cm³/mol. The zero-order valence-electron chi connectivity index (χ0n) is 13.8. The maximum absolute atomic E-state index is 11.3. The van der Waals surface area contributed by atoms with Gasteiger partial charge in [0.1, 0.15) is 12.4 Å². The maximum Gasteiger partial charge on any atom is 0.330 e. The number of rotatable bonds is 6. The summed E-state index contributed by atoms with van der Waals surface area (Å²) in [5.41, 5.74) is 2.25. The van der Waals surface area contributed by atoms with E-state index in [4.69, 9.17) is 9.47 Å². The Morgan fingerprint density at radius 1 is 1.16 bits per heavy atom. The molecule has 3 aromatic rings. The Morgan fingerprint density at radius 3 is 2.72 bits per heavy atom. The second kappa shape index (κ2) is 8.20. The second-order valence-electron chi connectivity index (χ2n) is 5.30. The van der Waals surface area contributed by atoms with Crippen LogP contribution in [0.25, 0.3) is 16.6 Å². The highest BCUT2D eigenvalue weighted by atomic mass is 127. The summed E-state index contributed by atoms with van der Waals surface area (Å²) in [6.45, 7) is 2.47. The Bertz CT molecular complexity index is 900. The monoisotopic (exact) mass is 447 g/mol. The number of carbonyl (C=O) groups excluding carboxylic acids is 1. The Hall–Kier alpha value is -2.28. The molecule has 0 aliphatic rings. The highest BCUT2D eigenvalue weighted by Crippen LogP contribution is 2.31. The summed E-state index contributed by atoms with van der Waals surface area (Å²) in [6, 6.07) is 16.3. The molecule has 0 atom stereocenters. The van der Waals surface area contributed by atoms with Crippen LogP contribution in [0.3, 0.4) is 0 Å². The quantitative estimate of drug-likeness (QED) is 0.312. The molecule has 0 saturated carbocycles. The molecule has 1 aromatic heterocycles. The standard InChI is InChI=1S/C20H18INO3/c1-2-24-19(23)9-6-14-25-18-11-10-17-16(20(18)21)12-13-22(17)15-7-4-3-5-8-15/h3-13H,2,14H2,1H3/b9-6+. The third-order valence-electron chi connectivity index (χ3n) is 3.68. The molecular weight excluding hydrogens is 429 g/mol. The van der Waals surface area contributed by atoms with Gasteiger partial charge in [0, 0.05) is 23.3 Å². The molecule has 0 unspecified atom stereocenters. The first-order valence-electron chi connectivity index (χ1n) is 8.01. The summed E-state index contributed by atoms with van der Waals surface area (Å²) in [5, 5.41) is 1.14. The van der Waals surface area contributed by atoms with Crippen LogP contribution in [-0.4, -0.2) is 23.8 Å². The minimum atomic E-state index is -0.351. The number of carbonyl (C=O) groups is 1. The molecule has 0 aliphatic carbocycles. The van der Waals surface area contributed by atoms with Crippen LogP contribution in [0.15, 0.2) is 66.9 Å². The van der Waals surface area contributed by atoms with Crippen LogP contribution in [-0.2, 0) is 9.53 Å². The van der Waals surface area contributed by atoms with E-state index in [-0.39, 0.29) is 5.97 Å². The van der Waals surface area contributed by atoms with Crippen molar-refractivity contribution in [2.45, 2.75) is 6.92 Å². The van der Waals surface area contributed by atoms with E-state index in [1.165, 1.54) is 6.08 Å². The van der Waals surface area contributed by atoms with Gasteiger partial charge < -0.3 is 14.0 Å². The second-order valence-corrected chi connectivity index (χ2v) is 6.38. The van der Waals surface area contributed by atoms with Crippen molar-refractivity contribution in [1.29, 1.82) is 0 Å². The van der Waals surface area contributed by atoms with Crippen molar-refractivity contribution in [3.8, 4) is 11.4 Å². The lowest BCUT2D eigenvalue weighted by Crippen LogP contribution is -2.01. The summed E-state index contributed by atoms with van der Waals surface area (Å²) in [4.78, 5) is 11.3. The number of para-hydroxylation sites is 1. The molecule has 0 amide bonds. The minimum absolute atomic E-state index is 0.319. The van der Waals surface area contributed by atoms with Crippen molar-refractivity contribution in [1.82, 2.24) is 4.57 Å². The van der Waals surface area contributed by atoms with Crippen molar-refractivity contribution in [2.24, 2.45) is 0 Å². The van der Waals surface area contributed by atoms with Crippen LogP contribution < -0.4 is 4.74 Å². The first kappa shape index (κ1) is 17.5. The Balaban J connectivity index is 1.78. The third-order valence-corrected chi connectivity index (χ3v) is 4.79. The average Bonchev–Trinajstić information content (AvgIpc) is 3.06. The van der Waals surface area contributed by atoms with E-state index in [1.807, 2.05) is 24.3 Å². The largest absolute Gasteiger partial charge is 0.488 e. The van der Waals surface area contributed by atoms with Gasteiger partial charge in [0.25, 0.3) is 0 Å². The molecular formula is C20H18INO3. The SMILES string of the molecule is CCOC(=O)/C=C/COc1ccc2c(ccn2-c2ccccc2)c1I. The van der Waals surface area contributed by atoms with Crippen LogP contribution in [0.5, 0.6) is 5.75 Å². The summed E-state index contributed by atoms with van der Waals surface area (Å²) in [5.74, 6) is 0.448. The number of ether oxygens (including phenoxy) is 2. The van der Waals surface area contributed by atoms with Crippen LogP contribution in [0.1, 0.15) is 6.92 Å². The molecule has 0 radical (unpaired) electrons. The number of aromatic nitrogens is 1. The van der Waals surface area contributed by atoms with Crippen molar-refractivity contribution >= 4 is 39.5 Å². The first-order valence-corrected chi connectivity index (χ1v) is 9.09. The van der Waals surface area contributed by atoms with E-state index in [0.29, 0.717) is 13.2 Å². The molecule has 3 rings (SSSR count). The van der Waals surface area contributed by atoms with E-state index >= 15 is 0 Å². The summed E-state index contributed by atoms with van der Waals surface area (Å²) < 4.78 is 13.8. The maximum atomic E-state index is 11.3. The van der Waals surface area contributed by atoms with Crippen molar-refractivity contribution in [3.05, 3.63) is 70.5 Å². The van der Waals surface area contributed by atoms with E-state index in [0.717, 1.165) is 25.9 Å². The zero-order valence-corrected chi connectivity index (χ0v) is 16.0. The molecule has 128 valence electrons. The summed E-state index contributed by atoms with van der Waals surface area (Å²) in [6.07, 6.45) is 5.11. The molecule has 0 aliphatic heterocycles. The third kappa shape index (κ3) is 4.04. The zero-order chi connectivity index (χ0) is 17.6. The number of hydrogen-bond donors (Lipinski definition) is 0. The topological polar surface area (TPSA) is 40.5 Å². The summed E-state index contributed by atoms with van der Waals surface area (Å²) >= 11 is 2.30. The number of nitrogens with zero attached hydrogens (tertiary/aromatic N) is 1. The van der Waals surface area contributed by atoms with E-state index in [1.54, 1.807) is 13.0 Å². The average molecular weight is 447 g/mol. The lowest BCUT2D eigenvalue weighted by Gasteiger charge is -2.09.